The smallest absolute Gasteiger partial charge is 0.306 e. The van der Waals surface area contributed by atoms with Gasteiger partial charge in [-0.05, 0) is 96.3 Å². The summed E-state index contributed by atoms with van der Waals surface area (Å²) in [6.45, 7) is 6.58. The van der Waals surface area contributed by atoms with E-state index in [-0.39, 0.29) is 31.1 Å². The van der Waals surface area contributed by atoms with Crippen molar-refractivity contribution in [2.24, 2.45) is 0 Å². The summed E-state index contributed by atoms with van der Waals surface area (Å²) in [5.74, 6) is -0.883. The molecule has 0 fully saturated rings. The molecule has 0 rings (SSSR count). The zero-order valence-corrected chi connectivity index (χ0v) is 46.8. The zero-order chi connectivity index (χ0) is 50.7. The molecule has 0 spiro atoms. The van der Waals surface area contributed by atoms with Crippen molar-refractivity contribution in [2.75, 3.05) is 13.2 Å². The lowest BCUT2D eigenvalue weighted by atomic mass is 10.0. The topological polar surface area (TPSA) is 78.9 Å². The minimum Gasteiger partial charge on any atom is -0.462 e. The van der Waals surface area contributed by atoms with Crippen LogP contribution in [0.3, 0.4) is 0 Å². The van der Waals surface area contributed by atoms with Gasteiger partial charge >= 0.3 is 17.9 Å². The monoisotopic (exact) mass is 981 g/mol. The lowest BCUT2D eigenvalue weighted by molar-refractivity contribution is -0.167. The molecule has 0 aliphatic carbocycles. The van der Waals surface area contributed by atoms with Gasteiger partial charge < -0.3 is 14.2 Å². The maximum Gasteiger partial charge on any atom is 0.306 e. The molecule has 0 saturated carbocycles. The van der Waals surface area contributed by atoms with Gasteiger partial charge in [-0.15, -0.1) is 0 Å². The summed E-state index contributed by atoms with van der Waals surface area (Å²) in [5.41, 5.74) is 0. The van der Waals surface area contributed by atoms with Gasteiger partial charge in [-0.25, -0.2) is 0 Å². The fraction of sp³-hybridized carbons (Fsp3) is 0.828. The lowest BCUT2D eigenvalue weighted by Crippen LogP contribution is -2.30. The summed E-state index contributed by atoms with van der Waals surface area (Å²) >= 11 is 0. The van der Waals surface area contributed by atoms with Gasteiger partial charge in [0.15, 0.2) is 6.10 Å². The van der Waals surface area contributed by atoms with Crippen LogP contribution in [0.2, 0.25) is 0 Å². The standard InChI is InChI=1S/C64H116O6/c1-4-7-10-13-16-19-22-24-26-27-28-29-30-31-32-33-34-35-36-37-39-40-42-45-48-51-54-57-63(66)69-60-61(59-68-62(65)56-53-50-47-44-21-18-15-12-9-6-3)70-64(67)58-55-52-49-46-43-41-38-25-23-20-17-14-11-8-5-2/h12,15,22,24-25,27-28,38,61H,4-11,13-14,16-21,23,26,29-37,39-60H2,1-3H3/b15-12-,24-22-,28-27-,38-25-. The highest BCUT2D eigenvalue weighted by Crippen LogP contribution is 2.16. The van der Waals surface area contributed by atoms with Gasteiger partial charge in [0.2, 0.25) is 0 Å². The number of esters is 3. The van der Waals surface area contributed by atoms with E-state index in [1.165, 1.54) is 199 Å². The van der Waals surface area contributed by atoms with Crippen LogP contribution in [-0.4, -0.2) is 37.2 Å². The molecule has 0 radical (unpaired) electrons. The van der Waals surface area contributed by atoms with E-state index < -0.39 is 6.10 Å². The van der Waals surface area contributed by atoms with Gasteiger partial charge in [-0.2, -0.15) is 0 Å². The maximum atomic E-state index is 12.8. The van der Waals surface area contributed by atoms with Crippen LogP contribution in [0.5, 0.6) is 0 Å². The van der Waals surface area contributed by atoms with Crippen molar-refractivity contribution in [1.82, 2.24) is 0 Å². The first kappa shape index (κ1) is 67.4. The SMILES string of the molecule is CCC/C=C\CCCCCCCC(=O)OCC(COC(=O)CCCCCCCCCCCCCCCCC/C=C\C/C=C\CCCCCCC)OC(=O)CCCCCCC/C=C\CCCCCCCC. The molecule has 70 heavy (non-hydrogen) atoms. The molecule has 0 aromatic heterocycles. The fourth-order valence-electron chi connectivity index (χ4n) is 8.88. The number of hydrogen-bond donors (Lipinski definition) is 0. The first-order valence-corrected chi connectivity index (χ1v) is 30.6. The molecule has 408 valence electrons. The van der Waals surface area contributed by atoms with Gasteiger partial charge in [0.1, 0.15) is 13.2 Å². The lowest BCUT2D eigenvalue weighted by Gasteiger charge is -2.18. The predicted molar refractivity (Wildman–Crippen MR) is 302 cm³/mol. The van der Waals surface area contributed by atoms with E-state index in [4.69, 9.17) is 14.2 Å². The van der Waals surface area contributed by atoms with Crippen LogP contribution in [0.25, 0.3) is 0 Å². The molecule has 0 N–H and O–H groups in total. The Kier molecular flexibility index (Phi) is 56.7. The van der Waals surface area contributed by atoms with Crippen LogP contribution >= 0.6 is 0 Å². The van der Waals surface area contributed by atoms with E-state index in [0.29, 0.717) is 19.3 Å². The molecule has 6 heteroatoms. The number of hydrogen-bond acceptors (Lipinski definition) is 6. The summed E-state index contributed by atoms with van der Waals surface area (Å²) in [4.78, 5) is 38.1. The zero-order valence-electron chi connectivity index (χ0n) is 46.8. The Morgan fingerprint density at radius 3 is 0.857 bits per heavy atom. The van der Waals surface area contributed by atoms with Crippen LogP contribution in [0, 0.1) is 0 Å². The largest absolute Gasteiger partial charge is 0.462 e. The molecule has 0 aromatic rings. The summed E-state index contributed by atoms with van der Waals surface area (Å²) in [7, 11) is 0. The third-order valence-electron chi connectivity index (χ3n) is 13.5. The number of allylic oxidation sites excluding steroid dienone is 8. The Bertz CT molecular complexity index is 1220. The molecule has 0 aromatic carbocycles. The number of ether oxygens (including phenoxy) is 3. The van der Waals surface area contributed by atoms with Crippen molar-refractivity contribution in [3.63, 3.8) is 0 Å². The summed E-state index contributed by atoms with van der Waals surface area (Å²) < 4.78 is 16.8. The van der Waals surface area contributed by atoms with Crippen molar-refractivity contribution < 1.29 is 28.6 Å². The minimum atomic E-state index is -0.778. The van der Waals surface area contributed by atoms with Crippen molar-refractivity contribution in [3.05, 3.63) is 48.6 Å². The van der Waals surface area contributed by atoms with E-state index in [9.17, 15) is 14.4 Å². The van der Waals surface area contributed by atoms with Crippen molar-refractivity contribution in [3.8, 4) is 0 Å². The third kappa shape index (κ3) is 56.3. The van der Waals surface area contributed by atoms with E-state index in [1.807, 2.05) is 0 Å². The number of carbonyl (C=O) groups excluding carboxylic acids is 3. The average molecular weight is 982 g/mol. The van der Waals surface area contributed by atoms with E-state index >= 15 is 0 Å². The Morgan fingerprint density at radius 1 is 0.286 bits per heavy atom. The van der Waals surface area contributed by atoms with Crippen LogP contribution in [0.15, 0.2) is 48.6 Å². The molecule has 0 bridgehead atoms. The predicted octanol–water partition coefficient (Wildman–Crippen LogP) is 20.6. The molecular formula is C64H116O6. The first-order valence-electron chi connectivity index (χ1n) is 30.6. The highest BCUT2D eigenvalue weighted by atomic mass is 16.6. The summed E-state index contributed by atoms with van der Waals surface area (Å²) in [5, 5.41) is 0. The van der Waals surface area contributed by atoms with Crippen LogP contribution in [-0.2, 0) is 28.6 Å². The number of rotatable bonds is 56. The second-order valence-electron chi connectivity index (χ2n) is 20.6. The molecule has 0 amide bonds. The molecule has 0 heterocycles. The second kappa shape index (κ2) is 58.9. The van der Waals surface area contributed by atoms with Gasteiger partial charge in [0.05, 0.1) is 0 Å². The third-order valence-corrected chi connectivity index (χ3v) is 13.5. The van der Waals surface area contributed by atoms with Crippen molar-refractivity contribution in [1.29, 1.82) is 0 Å². The van der Waals surface area contributed by atoms with Crippen LogP contribution in [0.1, 0.15) is 323 Å². The van der Waals surface area contributed by atoms with Gasteiger partial charge in [-0.1, -0.05) is 256 Å². The van der Waals surface area contributed by atoms with Crippen molar-refractivity contribution >= 4 is 17.9 Å². The fourth-order valence-corrected chi connectivity index (χ4v) is 8.88. The molecule has 0 saturated heterocycles. The molecule has 1 unspecified atom stereocenters. The molecular weight excluding hydrogens is 865 g/mol. The molecule has 6 nitrogen and oxygen atoms in total. The Hall–Kier alpha value is -2.63. The quantitative estimate of drug-likeness (QED) is 0.0261. The second-order valence-corrected chi connectivity index (χ2v) is 20.6. The number of carbonyl (C=O) groups is 3. The van der Waals surface area contributed by atoms with Crippen molar-refractivity contribution in [2.45, 2.75) is 329 Å². The minimum absolute atomic E-state index is 0.0768. The normalized spacial score (nSPS) is 12.3. The Balaban J connectivity index is 4.16. The van der Waals surface area contributed by atoms with E-state index in [0.717, 1.165) is 83.5 Å². The van der Waals surface area contributed by atoms with Gasteiger partial charge in [-0.3, -0.25) is 14.4 Å². The van der Waals surface area contributed by atoms with Crippen LogP contribution in [0.4, 0.5) is 0 Å². The number of unbranched alkanes of at least 4 members (excludes halogenated alkanes) is 37. The Labute approximate surface area is 435 Å². The maximum absolute atomic E-state index is 12.8. The highest BCUT2D eigenvalue weighted by Gasteiger charge is 2.19. The van der Waals surface area contributed by atoms with E-state index in [1.54, 1.807) is 0 Å². The Morgan fingerprint density at radius 2 is 0.543 bits per heavy atom. The molecule has 0 aliphatic rings. The van der Waals surface area contributed by atoms with E-state index in [2.05, 4.69) is 69.4 Å². The summed E-state index contributed by atoms with van der Waals surface area (Å²) in [6, 6.07) is 0. The average Bonchev–Trinajstić information content (AvgIpc) is 3.36. The van der Waals surface area contributed by atoms with Gasteiger partial charge in [0, 0.05) is 19.3 Å². The molecule has 0 aliphatic heterocycles. The summed E-state index contributed by atoms with van der Waals surface area (Å²) in [6.07, 6.45) is 72.7. The highest BCUT2D eigenvalue weighted by molar-refractivity contribution is 5.71. The molecule has 1 atom stereocenters. The van der Waals surface area contributed by atoms with Crippen LogP contribution < -0.4 is 0 Å². The first-order chi connectivity index (χ1) is 34.5. The van der Waals surface area contributed by atoms with Gasteiger partial charge in [0.25, 0.3) is 0 Å².